The van der Waals surface area contributed by atoms with E-state index in [1.54, 1.807) is 48.5 Å². The molecule has 0 aliphatic heterocycles. The van der Waals surface area contributed by atoms with Gasteiger partial charge in [-0.15, -0.1) is 0 Å². The highest BCUT2D eigenvalue weighted by Crippen LogP contribution is 2.28. The van der Waals surface area contributed by atoms with Gasteiger partial charge in [-0.25, -0.2) is 9.59 Å². The van der Waals surface area contributed by atoms with Crippen molar-refractivity contribution in [2.24, 2.45) is 0 Å². The van der Waals surface area contributed by atoms with E-state index < -0.39 is 44.7 Å². The van der Waals surface area contributed by atoms with E-state index >= 15 is 0 Å². The zero-order valence-corrected chi connectivity index (χ0v) is 27.1. The average Bonchev–Trinajstić information content (AvgIpc) is 3.12. The first-order valence-corrected chi connectivity index (χ1v) is 15.3. The zero-order valence-electron chi connectivity index (χ0n) is 25.5. The number of nitrogens with zero attached hydrogens (tertiary/aromatic N) is 2. The molecule has 0 fully saturated rings. The van der Waals surface area contributed by atoms with E-state index in [1.165, 1.54) is 48.5 Å². The minimum absolute atomic E-state index is 0.0102. The number of carbonyl (C=O) groups excluding carboxylic acids is 4. The number of benzene rings is 5. The Morgan fingerprint density at radius 1 is 0.520 bits per heavy atom. The maximum Gasteiger partial charge on any atom is 0.339 e. The van der Waals surface area contributed by atoms with Gasteiger partial charge >= 0.3 is 11.9 Å². The Bertz CT molecular complexity index is 2030. The monoisotopic (exact) mass is 712 g/mol. The van der Waals surface area contributed by atoms with Gasteiger partial charge in [-0.3, -0.25) is 29.8 Å². The van der Waals surface area contributed by atoms with Crippen LogP contribution < -0.4 is 0 Å². The van der Waals surface area contributed by atoms with Crippen molar-refractivity contribution in [3.63, 3.8) is 0 Å². The molecule has 14 heteroatoms. The lowest BCUT2D eigenvalue weighted by molar-refractivity contribution is -0.384. The van der Waals surface area contributed by atoms with Gasteiger partial charge in [0.25, 0.3) is 11.4 Å². The molecule has 0 aliphatic rings. The van der Waals surface area contributed by atoms with Gasteiger partial charge in [0.05, 0.1) is 21.0 Å². The second-order valence-corrected chi connectivity index (χ2v) is 11.4. The molecule has 0 N–H and O–H groups in total. The Morgan fingerprint density at radius 2 is 0.860 bits per heavy atom. The Balaban J connectivity index is 1.21. The van der Waals surface area contributed by atoms with Crippen LogP contribution in [0.5, 0.6) is 0 Å². The van der Waals surface area contributed by atoms with Crippen molar-refractivity contribution in [3.8, 4) is 0 Å². The van der Waals surface area contributed by atoms with Crippen LogP contribution in [-0.2, 0) is 22.7 Å². The van der Waals surface area contributed by atoms with E-state index in [9.17, 15) is 39.4 Å². The van der Waals surface area contributed by atoms with Crippen LogP contribution in [0.1, 0.15) is 63.7 Å². The molecule has 0 atom stereocenters. The highest BCUT2D eigenvalue weighted by molar-refractivity contribution is 6.33. The minimum atomic E-state index is -0.795. The lowest BCUT2D eigenvalue weighted by atomic mass is 9.98. The summed E-state index contributed by atoms with van der Waals surface area (Å²) in [6.45, 7) is -0.321. The van der Waals surface area contributed by atoms with E-state index in [0.29, 0.717) is 11.1 Å². The smallest absolute Gasteiger partial charge is 0.339 e. The largest absolute Gasteiger partial charge is 0.457 e. The first-order chi connectivity index (χ1) is 23.9. The fraction of sp³-hybridized carbons (Fsp3) is 0.0556. The Labute approximate surface area is 293 Å². The van der Waals surface area contributed by atoms with Crippen LogP contribution in [0.2, 0.25) is 10.0 Å². The van der Waals surface area contributed by atoms with Crippen molar-refractivity contribution in [2.45, 2.75) is 13.2 Å². The van der Waals surface area contributed by atoms with Crippen molar-refractivity contribution in [1.82, 2.24) is 0 Å². The molecular weight excluding hydrogens is 691 g/mol. The van der Waals surface area contributed by atoms with Crippen LogP contribution in [0.4, 0.5) is 11.4 Å². The number of rotatable bonds is 12. The molecule has 50 heavy (non-hydrogen) atoms. The lowest BCUT2D eigenvalue weighted by Crippen LogP contribution is -2.13. The molecule has 0 saturated carbocycles. The fourth-order valence-corrected chi connectivity index (χ4v) is 5.17. The van der Waals surface area contributed by atoms with Crippen molar-refractivity contribution in [1.29, 1.82) is 0 Å². The summed E-state index contributed by atoms with van der Waals surface area (Å²) in [4.78, 5) is 73.5. The first kappa shape index (κ1) is 35.1. The van der Waals surface area contributed by atoms with Gasteiger partial charge in [0, 0.05) is 34.4 Å². The van der Waals surface area contributed by atoms with Gasteiger partial charge in [-0.05, 0) is 47.5 Å². The molecule has 5 aromatic rings. The third-order valence-corrected chi connectivity index (χ3v) is 8.00. The summed E-state index contributed by atoms with van der Waals surface area (Å²) < 4.78 is 10.9. The third-order valence-electron chi connectivity index (χ3n) is 7.36. The highest BCUT2D eigenvalue weighted by Gasteiger charge is 2.24. The summed E-state index contributed by atoms with van der Waals surface area (Å²) in [7, 11) is 0. The van der Waals surface area contributed by atoms with E-state index in [2.05, 4.69) is 0 Å². The van der Waals surface area contributed by atoms with Gasteiger partial charge in [-0.2, -0.15) is 0 Å². The normalized spacial score (nSPS) is 10.6. The summed E-state index contributed by atoms with van der Waals surface area (Å²) >= 11 is 11.7. The van der Waals surface area contributed by atoms with Gasteiger partial charge in [0.15, 0.2) is 11.6 Å². The maximum absolute atomic E-state index is 13.2. The molecule has 0 spiro atoms. The average molecular weight is 713 g/mol. The minimum Gasteiger partial charge on any atom is -0.457 e. The molecule has 5 aromatic carbocycles. The fourth-order valence-electron chi connectivity index (χ4n) is 4.80. The number of nitro benzene ring substituents is 2. The number of halogens is 2. The standard InChI is InChI=1S/C36H22Cl2N2O10/c37-29-15-13-23(17-31(29)39(45)46)33(41)25-5-1-3-7-27(25)35(43)49-19-21-9-11-22(12-10-21)20-50-36(44)28-8-4-2-6-26(28)34(42)24-14-16-30(38)32(18-24)40(47)48/h1-18H,19-20H2. The van der Waals surface area contributed by atoms with Crippen LogP contribution >= 0.6 is 23.2 Å². The number of hydrogen-bond acceptors (Lipinski definition) is 10. The molecule has 0 aromatic heterocycles. The molecule has 0 radical (unpaired) electrons. The number of carbonyl (C=O) groups is 4. The van der Waals surface area contributed by atoms with Crippen LogP contribution in [0.25, 0.3) is 0 Å². The third kappa shape index (κ3) is 7.89. The Kier molecular flexibility index (Phi) is 10.7. The predicted molar refractivity (Wildman–Crippen MR) is 181 cm³/mol. The van der Waals surface area contributed by atoms with Crippen molar-refractivity contribution in [3.05, 3.63) is 184 Å². The molecule has 250 valence electrons. The second-order valence-electron chi connectivity index (χ2n) is 10.6. The van der Waals surface area contributed by atoms with Gasteiger partial charge in [0.2, 0.25) is 0 Å². The molecule has 0 unspecified atom stereocenters. The molecular formula is C36H22Cl2N2O10. The number of ketones is 2. The SMILES string of the molecule is O=C(OCc1ccc(COC(=O)c2ccccc2C(=O)c2ccc(Cl)c([N+](=O)[O-])c2)cc1)c1ccccc1C(=O)c1ccc(Cl)c([N+](=O)[O-])c1. The highest BCUT2D eigenvalue weighted by atomic mass is 35.5. The number of ether oxygens (including phenoxy) is 2. The van der Waals surface area contributed by atoms with Crippen molar-refractivity contribution < 1.29 is 38.5 Å². The summed E-state index contributed by atoms with van der Waals surface area (Å²) in [5.41, 5.74) is 0.129. The van der Waals surface area contributed by atoms with Gasteiger partial charge in [-0.1, -0.05) is 83.9 Å². The summed E-state index contributed by atoms with van der Waals surface area (Å²) in [6.07, 6.45) is 0. The van der Waals surface area contributed by atoms with Crippen molar-refractivity contribution >= 4 is 58.1 Å². The summed E-state index contributed by atoms with van der Waals surface area (Å²) in [5.74, 6) is -2.84. The van der Waals surface area contributed by atoms with Crippen LogP contribution in [0.3, 0.4) is 0 Å². The van der Waals surface area contributed by atoms with Crippen LogP contribution in [0, 0.1) is 20.2 Å². The van der Waals surface area contributed by atoms with E-state index in [4.69, 9.17) is 32.7 Å². The zero-order chi connectivity index (χ0) is 35.9. The predicted octanol–water partition coefficient (Wildman–Crippen LogP) is 7.99. The topological polar surface area (TPSA) is 173 Å². The number of nitro groups is 2. The van der Waals surface area contributed by atoms with E-state index in [0.717, 1.165) is 12.1 Å². The van der Waals surface area contributed by atoms with E-state index in [1.807, 2.05) is 0 Å². The lowest BCUT2D eigenvalue weighted by Gasteiger charge is -2.11. The number of esters is 2. The van der Waals surface area contributed by atoms with Gasteiger partial charge < -0.3 is 9.47 Å². The molecule has 0 amide bonds. The van der Waals surface area contributed by atoms with E-state index in [-0.39, 0.29) is 56.6 Å². The van der Waals surface area contributed by atoms with Crippen LogP contribution in [0.15, 0.2) is 109 Å². The maximum atomic E-state index is 13.2. The number of hydrogen-bond donors (Lipinski definition) is 0. The summed E-state index contributed by atoms with van der Waals surface area (Å²) in [5, 5.41) is 22.3. The molecule has 0 aliphatic carbocycles. The first-order valence-electron chi connectivity index (χ1n) is 14.5. The molecule has 0 bridgehead atoms. The van der Waals surface area contributed by atoms with Crippen molar-refractivity contribution in [2.75, 3.05) is 0 Å². The Hall–Kier alpha value is -6.24. The van der Waals surface area contributed by atoms with Gasteiger partial charge in [0.1, 0.15) is 23.3 Å². The molecule has 5 rings (SSSR count). The Morgan fingerprint density at radius 3 is 1.20 bits per heavy atom. The quantitative estimate of drug-likeness (QED) is 0.0534. The molecule has 12 nitrogen and oxygen atoms in total. The molecule has 0 saturated heterocycles. The second kappa shape index (κ2) is 15.3. The molecule has 0 heterocycles. The summed E-state index contributed by atoms with van der Waals surface area (Å²) in [6, 6.07) is 25.6. The van der Waals surface area contributed by atoms with Crippen LogP contribution in [-0.4, -0.2) is 33.4 Å².